The van der Waals surface area contributed by atoms with E-state index in [9.17, 15) is 4.79 Å². The van der Waals surface area contributed by atoms with Gasteiger partial charge in [0.25, 0.3) is 0 Å². The molecular weight excluding hydrogens is 430 g/mol. The molecule has 1 aromatic heterocycles. The van der Waals surface area contributed by atoms with Crippen LogP contribution in [0.4, 0.5) is 5.69 Å². The number of amides is 1. The van der Waals surface area contributed by atoms with Crippen LogP contribution in [0.15, 0.2) is 77.4 Å². The van der Waals surface area contributed by atoms with E-state index in [0.717, 1.165) is 67.1 Å². The van der Waals surface area contributed by atoms with E-state index >= 15 is 0 Å². The molecule has 8 nitrogen and oxygen atoms in total. The Morgan fingerprint density at radius 2 is 1.53 bits per heavy atom. The standard InChI is InChI=1S/C26H29N5O3/c32-26(29-21-9-11-23(12-10-21)33-22-6-2-1-3-7-22)19-28-16-5-4-15-27-17-14-20-8-13-24-25(18-20)31-34-30-24/h1-3,6-13,18,27-28H,4-5,14-17,19H2,(H,29,32). The second-order valence-electron chi connectivity index (χ2n) is 7.96. The van der Waals surface area contributed by atoms with Crippen molar-refractivity contribution in [3.8, 4) is 11.5 Å². The topological polar surface area (TPSA) is 101 Å². The Morgan fingerprint density at radius 1 is 0.794 bits per heavy atom. The zero-order valence-corrected chi connectivity index (χ0v) is 19.0. The molecule has 0 aliphatic carbocycles. The number of rotatable bonds is 13. The number of carbonyl (C=O) groups excluding carboxylic acids is 1. The molecular formula is C26H29N5O3. The smallest absolute Gasteiger partial charge is 0.238 e. The highest BCUT2D eigenvalue weighted by atomic mass is 16.6. The first kappa shape index (κ1) is 23.4. The number of nitrogens with zero attached hydrogens (tertiary/aromatic N) is 2. The number of para-hydroxylation sites is 1. The van der Waals surface area contributed by atoms with E-state index in [2.05, 4.69) is 32.3 Å². The first-order valence-corrected chi connectivity index (χ1v) is 11.5. The van der Waals surface area contributed by atoms with Gasteiger partial charge >= 0.3 is 0 Å². The average Bonchev–Trinajstić information content (AvgIpc) is 3.33. The monoisotopic (exact) mass is 459 g/mol. The molecule has 4 aromatic rings. The van der Waals surface area contributed by atoms with Crippen LogP contribution in [0.25, 0.3) is 11.0 Å². The Balaban J connectivity index is 1.02. The number of anilines is 1. The first-order valence-electron chi connectivity index (χ1n) is 11.5. The summed E-state index contributed by atoms with van der Waals surface area (Å²) in [7, 11) is 0. The van der Waals surface area contributed by atoms with Crippen LogP contribution in [-0.4, -0.2) is 42.4 Å². The molecule has 0 fully saturated rings. The summed E-state index contributed by atoms with van der Waals surface area (Å²) < 4.78 is 10.5. The van der Waals surface area contributed by atoms with E-state index in [-0.39, 0.29) is 12.5 Å². The zero-order valence-electron chi connectivity index (χ0n) is 19.0. The molecule has 0 spiro atoms. The van der Waals surface area contributed by atoms with Crippen molar-refractivity contribution < 1.29 is 14.2 Å². The largest absolute Gasteiger partial charge is 0.457 e. The SMILES string of the molecule is O=C(CNCCCCNCCc1ccc2nonc2c1)Nc1ccc(Oc2ccccc2)cc1. The van der Waals surface area contributed by atoms with Crippen molar-refractivity contribution in [2.45, 2.75) is 19.3 Å². The molecule has 0 radical (unpaired) electrons. The Labute approximate surface area is 198 Å². The number of hydrogen-bond donors (Lipinski definition) is 3. The van der Waals surface area contributed by atoms with Crippen LogP contribution in [0.5, 0.6) is 11.5 Å². The molecule has 0 aliphatic heterocycles. The van der Waals surface area contributed by atoms with Gasteiger partial charge in [-0.15, -0.1) is 0 Å². The van der Waals surface area contributed by atoms with Gasteiger partial charge in [0.05, 0.1) is 6.54 Å². The normalized spacial score (nSPS) is 10.9. The minimum atomic E-state index is -0.0610. The van der Waals surface area contributed by atoms with E-state index in [4.69, 9.17) is 9.37 Å². The number of carbonyl (C=O) groups is 1. The third kappa shape index (κ3) is 7.40. The quantitative estimate of drug-likeness (QED) is 0.258. The molecule has 0 saturated carbocycles. The number of ether oxygens (including phenoxy) is 1. The number of benzene rings is 3. The maximum atomic E-state index is 12.1. The van der Waals surface area contributed by atoms with Crippen molar-refractivity contribution in [3.05, 3.63) is 78.4 Å². The van der Waals surface area contributed by atoms with Crippen molar-refractivity contribution in [2.24, 2.45) is 0 Å². The van der Waals surface area contributed by atoms with Crippen LogP contribution in [0.3, 0.4) is 0 Å². The van der Waals surface area contributed by atoms with Crippen molar-refractivity contribution in [3.63, 3.8) is 0 Å². The Kier molecular flexibility index (Phi) is 8.59. The van der Waals surface area contributed by atoms with Gasteiger partial charge < -0.3 is 20.7 Å². The molecule has 8 heteroatoms. The summed E-state index contributed by atoms with van der Waals surface area (Å²) in [5.74, 6) is 1.44. The summed E-state index contributed by atoms with van der Waals surface area (Å²) in [6.07, 6.45) is 2.98. The van der Waals surface area contributed by atoms with Gasteiger partial charge in [-0.3, -0.25) is 4.79 Å². The average molecular weight is 460 g/mol. The van der Waals surface area contributed by atoms with Crippen molar-refractivity contribution in [1.82, 2.24) is 20.9 Å². The van der Waals surface area contributed by atoms with Gasteiger partial charge in [-0.2, -0.15) is 0 Å². The molecule has 0 unspecified atom stereocenters. The molecule has 176 valence electrons. The van der Waals surface area contributed by atoms with Gasteiger partial charge in [0.2, 0.25) is 5.91 Å². The van der Waals surface area contributed by atoms with E-state index in [0.29, 0.717) is 0 Å². The maximum Gasteiger partial charge on any atom is 0.238 e. The Morgan fingerprint density at radius 3 is 2.35 bits per heavy atom. The lowest BCUT2D eigenvalue weighted by atomic mass is 10.1. The van der Waals surface area contributed by atoms with Crippen LogP contribution in [0.2, 0.25) is 0 Å². The predicted molar refractivity (Wildman–Crippen MR) is 132 cm³/mol. The second-order valence-corrected chi connectivity index (χ2v) is 7.96. The molecule has 3 aromatic carbocycles. The van der Waals surface area contributed by atoms with E-state index < -0.39 is 0 Å². The van der Waals surface area contributed by atoms with Gasteiger partial charge in [-0.05, 0) is 103 Å². The Hall–Kier alpha value is -3.75. The minimum absolute atomic E-state index is 0.0610. The predicted octanol–water partition coefficient (Wildman–Crippen LogP) is 4.16. The molecule has 1 heterocycles. The van der Waals surface area contributed by atoms with Crippen LogP contribution >= 0.6 is 0 Å². The van der Waals surface area contributed by atoms with Crippen LogP contribution in [0, 0.1) is 0 Å². The molecule has 34 heavy (non-hydrogen) atoms. The van der Waals surface area contributed by atoms with Crippen LogP contribution in [-0.2, 0) is 11.2 Å². The number of hydrogen-bond acceptors (Lipinski definition) is 7. The highest BCUT2D eigenvalue weighted by molar-refractivity contribution is 5.92. The summed E-state index contributed by atoms with van der Waals surface area (Å²) >= 11 is 0. The third-order valence-electron chi connectivity index (χ3n) is 5.27. The number of unbranched alkanes of at least 4 members (excludes halogenated alkanes) is 1. The molecule has 0 aliphatic rings. The molecule has 0 saturated heterocycles. The zero-order chi connectivity index (χ0) is 23.4. The van der Waals surface area contributed by atoms with Crippen LogP contribution in [0.1, 0.15) is 18.4 Å². The molecule has 0 atom stereocenters. The summed E-state index contributed by atoms with van der Waals surface area (Å²) in [5.41, 5.74) is 3.53. The summed E-state index contributed by atoms with van der Waals surface area (Å²) in [4.78, 5) is 12.1. The highest BCUT2D eigenvalue weighted by Crippen LogP contribution is 2.22. The van der Waals surface area contributed by atoms with Crippen molar-refractivity contribution >= 4 is 22.6 Å². The van der Waals surface area contributed by atoms with E-state index in [1.165, 1.54) is 5.56 Å². The van der Waals surface area contributed by atoms with Crippen LogP contribution < -0.4 is 20.7 Å². The lowest BCUT2D eigenvalue weighted by Crippen LogP contribution is -2.29. The van der Waals surface area contributed by atoms with Gasteiger partial charge in [0.15, 0.2) is 0 Å². The van der Waals surface area contributed by atoms with Crippen molar-refractivity contribution in [1.29, 1.82) is 0 Å². The van der Waals surface area contributed by atoms with E-state index in [1.54, 1.807) is 0 Å². The van der Waals surface area contributed by atoms with Crippen molar-refractivity contribution in [2.75, 3.05) is 31.5 Å². The molecule has 3 N–H and O–H groups in total. The molecule has 4 rings (SSSR count). The van der Waals surface area contributed by atoms with Gasteiger partial charge in [-0.25, -0.2) is 4.63 Å². The van der Waals surface area contributed by atoms with Gasteiger partial charge in [0, 0.05) is 5.69 Å². The van der Waals surface area contributed by atoms with Gasteiger partial charge in [-0.1, -0.05) is 24.3 Å². The molecule has 1 amide bonds. The minimum Gasteiger partial charge on any atom is -0.457 e. The number of fused-ring (bicyclic) bond motifs is 1. The number of aromatic nitrogens is 2. The number of nitrogens with one attached hydrogen (secondary N) is 3. The lowest BCUT2D eigenvalue weighted by Gasteiger charge is -2.09. The lowest BCUT2D eigenvalue weighted by molar-refractivity contribution is -0.115. The fourth-order valence-corrected chi connectivity index (χ4v) is 3.48. The summed E-state index contributed by atoms with van der Waals surface area (Å²) in [5, 5.41) is 17.2. The highest BCUT2D eigenvalue weighted by Gasteiger charge is 2.04. The fourth-order valence-electron chi connectivity index (χ4n) is 3.48. The second kappa shape index (κ2) is 12.5. The van der Waals surface area contributed by atoms with Gasteiger partial charge in [0.1, 0.15) is 22.5 Å². The maximum absolute atomic E-state index is 12.1. The summed E-state index contributed by atoms with van der Waals surface area (Å²) in [6, 6.07) is 22.9. The Bertz CT molecular complexity index is 1160. The first-order chi connectivity index (χ1) is 16.8. The summed E-state index contributed by atoms with van der Waals surface area (Å²) in [6.45, 7) is 2.94. The van der Waals surface area contributed by atoms with E-state index in [1.807, 2.05) is 66.7 Å². The fraction of sp³-hybridized carbons (Fsp3) is 0.269. The third-order valence-corrected chi connectivity index (χ3v) is 5.27. The molecule has 0 bridgehead atoms.